The standard InChI is InChI=1S/C17H20N6O5S/c24-16(6-9-20-17-18-7-3-8-19-17)21-10-12-22(13-11-21)29(27,28)15-5-2-1-4-14(15)23(25)26/h1-5,7-8H,6,9-13H2,(H,18,19,20). The number of sulfonamides is 1. The number of para-hydroxylation sites is 1. The van der Waals surface area contributed by atoms with E-state index in [1.165, 1.54) is 22.5 Å². The predicted molar refractivity (Wildman–Crippen MR) is 104 cm³/mol. The van der Waals surface area contributed by atoms with E-state index in [-0.39, 0.29) is 43.4 Å². The van der Waals surface area contributed by atoms with Crippen LogP contribution in [0.25, 0.3) is 0 Å². The van der Waals surface area contributed by atoms with Crippen LogP contribution < -0.4 is 5.32 Å². The van der Waals surface area contributed by atoms with E-state index in [2.05, 4.69) is 15.3 Å². The largest absolute Gasteiger partial charge is 0.354 e. The minimum absolute atomic E-state index is 0.0787. The molecular formula is C17H20N6O5S. The Kier molecular flexibility index (Phi) is 6.34. The summed E-state index contributed by atoms with van der Waals surface area (Å²) in [5.74, 6) is 0.317. The fraction of sp³-hybridized carbons (Fsp3) is 0.353. The first-order valence-corrected chi connectivity index (χ1v) is 10.4. The van der Waals surface area contributed by atoms with Crippen molar-refractivity contribution in [3.8, 4) is 0 Å². The van der Waals surface area contributed by atoms with Crippen molar-refractivity contribution in [1.82, 2.24) is 19.2 Å². The van der Waals surface area contributed by atoms with Gasteiger partial charge in [-0.3, -0.25) is 14.9 Å². The van der Waals surface area contributed by atoms with Crippen molar-refractivity contribution in [2.45, 2.75) is 11.3 Å². The Balaban J connectivity index is 1.56. The van der Waals surface area contributed by atoms with Gasteiger partial charge in [-0.1, -0.05) is 12.1 Å². The maximum atomic E-state index is 12.8. The Morgan fingerprint density at radius 3 is 2.41 bits per heavy atom. The number of nitro benzene ring substituents is 1. The van der Waals surface area contributed by atoms with Gasteiger partial charge in [0.1, 0.15) is 0 Å². The number of hydrogen-bond acceptors (Lipinski definition) is 8. The van der Waals surface area contributed by atoms with Gasteiger partial charge >= 0.3 is 0 Å². The van der Waals surface area contributed by atoms with Crippen LogP contribution in [-0.2, 0) is 14.8 Å². The van der Waals surface area contributed by atoms with Crippen LogP contribution in [0.15, 0.2) is 47.6 Å². The molecule has 1 aromatic carbocycles. The molecule has 3 rings (SSSR count). The monoisotopic (exact) mass is 420 g/mol. The molecule has 0 aliphatic carbocycles. The molecule has 1 saturated heterocycles. The maximum absolute atomic E-state index is 12.8. The van der Waals surface area contributed by atoms with Gasteiger partial charge < -0.3 is 10.2 Å². The average Bonchev–Trinajstić information content (AvgIpc) is 2.74. The highest BCUT2D eigenvalue weighted by Gasteiger charge is 2.34. The lowest BCUT2D eigenvalue weighted by Gasteiger charge is -2.34. The Morgan fingerprint density at radius 1 is 1.10 bits per heavy atom. The first-order valence-electron chi connectivity index (χ1n) is 8.92. The van der Waals surface area contributed by atoms with Crippen molar-refractivity contribution >= 4 is 27.6 Å². The molecule has 1 aromatic heterocycles. The summed E-state index contributed by atoms with van der Waals surface area (Å²) in [6.45, 7) is 0.962. The van der Waals surface area contributed by atoms with E-state index >= 15 is 0 Å². The van der Waals surface area contributed by atoms with Gasteiger partial charge in [0, 0.05) is 57.6 Å². The Hall–Kier alpha value is -3.12. The second-order valence-electron chi connectivity index (χ2n) is 6.26. The van der Waals surface area contributed by atoms with Crippen molar-refractivity contribution in [3.63, 3.8) is 0 Å². The number of amides is 1. The number of aromatic nitrogens is 2. The molecule has 1 aliphatic heterocycles. The number of rotatable bonds is 7. The number of carbonyl (C=O) groups excluding carboxylic acids is 1. The van der Waals surface area contributed by atoms with Crippen LogP contribution in [0.1, 0.15) is 6.42 Å². The minimum Gasteiger partial charge on any atom is -0.354 e. The molecule has 0 radical (unpaired) electrons. The molecule has 29 heavy (non-hydrogen) atoms. The van der Waals surface area contributed by atoms with Crippen LogP contribution in [0.5, 0.6) is 0 Å². The minimum atomic E-state index is -4.01. The molecule has 11 nitrogen and oxygen atoms in total. The van der Waals surface area contributed by atoms with Crippen LogP contribution >= 0.6 is 0 Å². The fourth-order valence-electron chi connectivity index (χ4n) is 2.97. The number of piperazine rings is 1. The van der Waals surface area contributed by atoms with E-state index < -0.39 is 20.6 Å². The van der Waals surface area contributed by atoms with Crippen LogP contribution in [0, 0.1) is 10.1 Å². The van der Waals surface area contributed by atoms with E-state index in [4.69, 9.17) is 0 Å². The molecule has 1 fully saturated rings. The lowest BCUT2D eigenvalue weighted by Crippen LogP contribution is -2.50. The second-order valence-corrected chi connectivity index (χ2v) is 8.17. The number of nitro groups is 1. The molecule has 0 spiro atoms. The van der Waals surface area contributed by atoms with Gasteiger partial charge in [-0.15, -0.1) is 0 Å². The highest BCUT2D eigenvalue weighted by molar-refractivity contribution is 7.89. The summed E-state index contributed by atoms with van der Waals surface area (Å²) in [6, 6.07) is 6.94. The lowest BCUT2D eigenvalue weighted by molar-refractivity contribution is -0.387. The zero-order valence-corrected chi connectivity index (χ0v) is 16.3. The molecule has 0 atom stereocenters. The average molecular weight is 420 g/mol. The number of hydrogen-bond donors (Lipinski definition) is 1. The lowest BCUT2D eigenvalue weighted by atomic mass is 10.3. The van der Waals surface area contributed by atoms with Crippen LogP contribution in [0.4, 0.5) is 11.6 Å². The zero-order chi connectivity index (χ0) is 20.9. The molecule has 2 aromatic rings. The van der Waals surface area contributed by atoms with Gasteiger partial charge in [0.15, 0.2) is 4.90 Å². The molecule has 0 unspecified atom stereocenters. The summed E-state index contributed by atoms with van der Waals surface area (Å²) in [7, 11) is -4.01. The van der Waals surface area contributed by atoms with Crippen molar-refractivity contribution < 1.29 is 18.1 Å². The third kappa shape index (κ3) is 4.84. The van der Waals surface area contributed by atoms with Crippen LogP contribution in [-0.4, -0.2) is 71.1 Å². The molecule has 0 saturated carbocycles. The van der Waals surface area contributed by atoms with E-state index in [1.54, 1.807) is 23.4 Å². The highest BCUT2D eigenvalue weighted by Crippen LogP contribution is 2.26. The van der Waals surface area contributed by atoms with Gasteiger partial charge in [0.25, 0.3) is 5.69 Å². The third-order valence-electron chi connectivity index (χ3n) is 4.46. The highest BCUT2D eigenvalue weighted by atomic mass is 32.2. The van der Waals surface area contributed by atoms with E-state index in [1.807, 2.05) is 0 Å². The van der Waals surface area contributed by atoms with E-state index in [0.29, 0.717) is 12.5 Å². The van der Waals surface area contributed by atoms with Gasteiger partial charge in [0.2, 0.25) is 21.9 Å². The number of anilines is 1. The number of benzene rings is 1. The van der Waals surface area contributed by atoms with Crippen molar-refractivity contribution in [1.29, 1.82) is 0 Å². The molecule has 2 heterocycles. The van der Waals surface area contributed by atoms with Crippen molar-refractivity contribution in [2.24, 2.45) is 0 Å². The third-order valence-corrected chi connectivity index (χ3v) is 6.40. The normalized spacial score (nSPS) is 15.1. The quantitative estimate of drug-likeness (QED) is 0.511. The van der Waals surface area contributed by atoms with Crippen LogP contribution in [0.2, 0.25) is 0 Å². The first-order chi connectivity index (χ1) is 13.9. The van der Waals surface area contributed by atoms with Gasteiger partial charge in [-0.2, -0.15) is 4.31 Å². The molecule has 1 aliphatic rings. The van der Waals surface area contributed by atoms with Crippen LogP contribution in [0.3, 0.4) is 0 Å². The molecule has 0 bridgehead atoms. The summed E-state index contributed by atoms with van der Waals surface area (Å²) in [4.78, 5) is 32.0. The summed E-state index contributed by atoms with van der Waals surface area (Å²) < 4.78 is 26.8. The summed E-state index contributed by atoms with van der Waals surface area (Å²) >= 11 is 0. The summed E-state index contributed by atoms with van der Waals surface area (Å²) in [5, 5.41) is 14.1. The Morgan fingerprint density at radius 2 is 1.76 bits per heavy atom. The maximum Gasteiger partial charge on any atom is 0.289 e. The van der Waals surface area contributed by atoms with Crippen molar-refractivity contribution in [3.05, 3.63) is 52.8 Å². The van der Waals surface area contributed by atoms with E-state index in [0.717, 1.165) is 6.07 Å². The van der Waals surface area contributed by atoms with Gasteiger partial charge in [-0.05, 0) is 12.1 Å². The fourth-order valence-corrected chi connectivity index (χ4v) is 4.55. The molecular weight excluding hydrogens is 400 g/mol. The van der Waals surface area contributed by atoms with Gasteiger partial charge in [-0.25, -0.2) is 18.4 Å². The molecule has 1 amide bonds. The molecule has 1 N–H and O–H groups in total. The smallest absolute Gasteiger partial charge is 0.289 e. The second kappa shape index (κ2) is 8.92. The zero-order valence-electron chi connectivity index (χ0n) is 15.5. The van der Waals surface area contributed by atoms with Crippen molar-refractivity contribution in [2.75, 3.05) is 38.0 Å². The molecule has 12 heteroatoms. The number of nitrogens with one attached hydrogen (secondary N) is 1. The predicted octanol–water partition coefficient (Wildman–Crippen LogP) is 0.720. The number of nitrogens with zero attached hydrogens (tertiary/aromatic N) is 5. The summed E-state index contributed by atoms with van der Waals surface area (Å²) in [6.07, 6.45) is 3.40. The molecule has 154 valence electrons. The number of carbonyl (C=O) groups is 1. The Bertz CT molecular complexity index is 977. The Labute approximate surface area is 167 Å². The topological polar surface area (TPSA) is 139 Å². The first kappa shape index (κ1) is 20.6. The van der Waals surface area contributed by atoms with Gasteiger partial charge in [0.05, 0.1) is 4.92 Å². The van der Waals surface area contributed by atoms with E-state index in [9.17, 15) is 23.3 Å². The summed E-state index contributed by atoms with van der Waals surface area (Å²) in [5.41, 5.74) is -0.458. The SMILES string of the molecule is O=C(CCNc1ncccn1)N1CCN(S(=O)(=O)c2ccccc2[N+](=O)[O-])CC1.